The third-order valence-electron chi connectivity index (χ3n) is 2.16. The van der Waals surface area contributed by atoms with Crippen LogP contribution in [-0.4, -0.2) is 34.7 Å². The molecule has 0 aliphatic heterocycles. The van der Waals surface area contributed by atoms with Crippen LogP contribution in [0.2, 0.25) is 10.0 Å². The summed E-state index contributed by atoms with van der Waals surface area (Å²) in [5.74, 6) is -1.80. The molecule has 1 rings (SSSR count). The van der Waals surface area contributed by atoms with Gasteiger partial charge in [-0.3, -0.25) is 4.79 Å². The number of nitrogens with one attached hydrogen (secondary N) is 1. The van der Waals surface area contributed by atoms with E-state index in [9.17, 15) is 9.59 Å². The predicted octanol–water partition coefficient (Wildman–Crippen LogP) is 1.56. The Kier molecular flexibility index (Phi) is 5.40. The monoisotopic (exact) mass is 291 g/mol. The highest BCUT2D eigenvalue weighted by atomic mass is 35.5. The van der Waals surface area contributed by atoms with Crippen LogP contribution in [0.4, 0.5) is 0 Å². The van der Waals surface area contributed by atoms with Crippen LogP contribution in [0, 0.1) is 0 Å². The normalized spacial score (nSPS) is 11.9. The second-order valence-corrected chi connectivity index (χ2v) is 4.37. The van der Waals surface area contributed by atoms with Crippen molar-refractivity contribution in [3.8, 4) is 0 Å². The van der Waals surface area contributed by atoms with E-state index >= 15 is 0 Å². The molecular weight excluding hydrogens is 281 g/mol. The largest absolute Gasteiger partial charge is 0.479 e. The maximum Gasteiger partial charge on any atom is 0.332 e. The molecule has 0 saturated carbocycles. The Hall–Kier alpha value is -1.30. The summed E-state index contributed by atoms with van der Waals surface area (Å²) in [4.78, 5) is 22.0. The highest BCUT2D eigenvalue weighted by Gasteiger charge is 2.14. The number of aliphatic carboxylic acids is 1. The second-order valence-electron chi connectivity index (χ2n) is 3.52. The van der Waals surface area contributed by atoms with Gasteiger partial charge in [0.2, 0.25) is 0 Å². The van der Waals surface area contributed by atoms with Crippen molar-refractivity contribution < 1.29 is 19.8 Å². The van der Waals surface area contributed by atoms with Crippen LogP contribution in [0.5, 0.6) is 0 Å². The number of carbonyl (C=O) groups is 2. The van der Waals surface area contributed by atoms with Crippen LogP contribution in [0.25, 0.3) is 0 Å². The van der Waals surface area contributed by atoms with E-state index in [-0.39, 0.29) is 23.6 Å². The fraction of sp³-hybridized carbons (Fsp3) is 0.273. The fourth-order valence-corrected chi connectivity index (χ4v) is 1.59. The first kappa shape index (κ1) is 14.8. The van der Waals surface area contributed by atoms with Gasteiger partial charge >= 0.3 is 5.97 Å². The summed E-state index contributed by atoms with van der Waals surface area (Å²) in [5, 5.41) is 20.5. The Morgan fingerprint density at radius 1 is 1.33 bits per heavy atom. The zero-order valence-corrected chi connectivity index (χ0v) is 10.7. The predicted molar refractivity (Wildman–Crippen MR) is 67.1 cm³/mol. The van der Waals surface area contributed by atoms with Gasteiger partial charge < -0.3 is 15.5 Å². The molecule has 0 aliphatic rings. The molecule has 7 heteroatoms. The zero-order valence-electron chi connectivity index (χ0n) is 9.19. The lowest BCUT2D eigenvalue weighted by Crippen LogP contribution is -2.30. The van der Waals surface area contributed by atoms with E-state index in [0.29, 0.717) is 5.02 Å². The Balaban J connectivity index is 2.55. The van der Waals surface area contributed by atoms with Crippen LogP contribution in [0.1, 0.15) is 16.8 Å². The molecule has 0 saturated heterocycles. The fourth-order valence-electron chi connectivity index (χ4n) is 1.21. The van der Waals surface area contributed by atoms with Crippen molar-refractivity contribution in [1.82, 2.24) is 5.32 Å². The van der Waals surface area contributed by atoms with E-state index in [1.807, 2.05) is 0 Å². The lowest BCUT2D eigenvalue weighted by atomic mass is 10.2. The summed E-state index contributed by atoms with van der Waals surface area (Å²) < 4.78 is 0. The van der Waals surface area contributed by atoms with E-state index in [2.05, 4.69) is 5.32 Å². The van der Waals surface area contributed by atoms with Crippen LogP contribution >= 0.6 is 23.2 Å². The molecule has 0 fully saturated rings. The molecular formula is C11H11Cl2NO4. The molecule has 0 spiro atoms. The van der Waals surface area contributed by atoms with E-state index in [0.717, 1.165) is 0 Å². The van der Waals surface area contributed by atoms with Gasteiger partial charge in [0.1, 0.15) is 0 Å². The standard InChI is InChI=1S/C11H11Cl2NO4/c12-6-1-2-8(13)7(5-6)10(16)14-4-3-9(15)11(17)18/h1-2,5,9,15H,3-4H2,(H,14,16)(H,17,18). The van der Waals surface area contributed by atoms with Crippen molar-refractivity contribution in [1.29, 1.82) is 0 Å². The maximum absolute atomic E-state index is 11.7. The molecule has 0 aromatic heterocycles. The molecule has 0 bridgehead atoms. The van der Waals surface area contributed by atoms with Crippen molar-refractivity contribution in [2.24, 2.45) is 0 Å². The Labute approximate surface area is 113 Å². The van der Waals surface area contributed by atoms with E-state index in [1.165, 1.54) is 12.1 Å². The molecule has 5 nitrogen and oxygen atoms in total. The van der Waals surface area contributed by atoms with Gasteiger partial charge in [0, 0.05) is 18.0 Å². The quantitative estimate of drug-likeness (QED) is 0.768. The topological polar surface area (TPSA) is 86.6 Å². The number of carboxylic acid groups (broad SMARTS) is 1. The van der Waals surface area contributed by atoms with E-state index < -0.39 is 18.0 Å². The summed E-state index contributed by atoms with van der Waals surface area (Å²) in [6.07, 6.45) is -1.58. The summed E-state index contributed by atoms with van der Waals surface area (Å²) in [7, 11) is 0. The first-order valence-corrected chi connectivity index (χ1v) is 5.81. The van der Waals surface area contributed by atoms with Gasteiger partial charge in [-0.1, -0.05) is 23.2 Å². The molecule has 0 aliphatic carbocycles. The molecule has 1 unspecified atom stereocenters. The minimum Gasteiger partial charge on any atom is -0.479 e. The van der Waals surface area contributed by atoms with Crippen LogP contribution in [-0.2, 0) is 4.79 Å². The summed E-state index contributed by atoms with van der Waals surface area (Å²) in [6, 6.07) is 4.45. The minimum absolute atomic E-state index is 0.0230. The van der Waals surface area contributed by atoms with Crippen LogP contribution in [0.3, 0.4) is 0 Å². The summed E-state index contributed by atoms with van der Waals surface area (Å²) >= 11 is 11.6. The first-order valence-electron chi connectivity index (χ1n) is 5.06. The van der Waals surface area contributed by atoms with Gasteiger partial charge in [-0.05, 0) is 18.2 Å². The molecule has 1 atom stereocenters. The number of benzene rings is 1. The molecule has 1 aromatic rings. The van der Waals surface area contributed by atoms with Crippen molar-refractivity contribution in [3.63, 3.8) is 0 Å². The van der Waals surface area contributed by atoms with Crippen molar-refractivity contribution >= 4 is 35.1 Å². The van der Waals surface area contributed by atoms with Gasteiger partial charge in [-0.15, -0.1) is 0 Å². The number of amides is 1. The number of carboxylic acids is 1. The van der Waals surface area contributed by atoms with Gasteiger partial charge in [-0.2, -0.15) is 0 Å². The third kappa shape index (κ3) is 4.18. The van der Waals surface area contributed by atoms with Crippen LogP contribution in [0.15, 0.2) is 18.2 Å². The molecule has 1 amide bonds. The molecule has 98 valence electrons. The SMILES string of the molecule is O=C(NCCC(O)C(=O)O)c1cc(Cl)ccc1Cl. The number of hydrogen-bond acceptors (Lipinski definition) is 3. The maximum atomic E-state index is 11.7. The average Bonchev–Trinajstić information content (AvgIpc) is 2.31. The van der Waals surface area contributed by atoms with E-state index in [1.54, 1.807) is 6.07 Å². The smallest absolute Gasteiger partial charge is 0.332 e. The number of hydrogen-bond donors (Lipinski definition) is 3. The number of rotatable bonds is 5. The molecule has 3 N–H and O–H groups in total. The first-order chi connectivity index (χ1) is 8.41. The number of carbonyl (C=O) groups excluding carboxylic acids is 1. The molecule has 0 radical (unpaired) electrons. The minimum atomic E-state index is -1.50. The molecule has 18 heavy (non-hydrogen) atoms. The highest BCUT2D eigenvalue weighted by Crippen LogP contribution is 2.20. The average molecular weight is 292 g/mol. The lowest BCUT2D eigenvalue weighted by molar-refractivity contribution is -0.146. The molecule has 0 heterocycles. The van der Waals surface area contributed by atoms with E-state index in [4.69, 9.17) is 33.4 Å². The van der Waals surface area contributed by atoms with Gasteiger partial charge in [0.25, 0.3) is 5.91 Å². The third-order valence-corrected chi connectivity index (χ3v) is 2.73. The Morgan fingerprint density at radius 3 is 2.61 bits per heavy atom. The number of aliphatic hydroxyl groups excluding tert-OH is 1. The van der Waals surface area contributed by atoms with Gasteiger partial charge in [0.05, 0.1) is 10.6 Å². The van der Waals surface area contributed by atoms with Crippen molar-refractivity contribution in [2.75, 3.05) is 6.54 Å². The summed E-state index contributed by atoms with van der Waals surface area (Å²) in [6.45, 7) is 0.0230. The van der Waals surface area contributed by atoms with Crippen LogP contribution < -0.4 is 5.32 Å². The summed E-state index contributed by atoms with van der Waals surface area (Å²) in [5.41, 5.74) is 0.203. The van der Waals surface area contributed by atoms with Crippen molar-refractivity contribution in [2.45, 2.75) is 12.5 Å². The number of aliphatic hydroxyl groups is 1. The molecule has 1 aromatic carbocycles. The van der Waals surface area contributed by atoms with Gasteiger partial charge in [-0.25, -0.2) is 4.79 Å². The highest BCUT2D eigenvalue weighted by molar-refractivity contribution is 6.35. The second kappa shape index (κ2) is 6.58. The Bertz CT molecular complexity index is 464. The zero-order chi connectivity index (χ0) is 13.7. The Morgan fingerprint density at radius 2 is 2.00 bits per heavy atom. The van der Waals surface area contributed by atoms with Gasteiger partial charge in [0.15, 0.2) is 6.10 Å². The number of halogens is 2. The lowest BCUT2D eigenvalue weighted by Gasteiger charge is -2.08. The van der Waals surface area contributed by atoms with Crippen molar-refractivity contribution in [3.05, 3.63) is 33.8 Å².